The molecule has 0 atom stereocenters. The number of hydrogen-bond donors (Lipinski definition) is 1. The topological polar surface area (TPSA) is 65.0 Å². The maximum atomic E-state index is 5.32. The van der Waals surface area contributed by atoms with Crippen LogP contribution in [0.15, 0.2) is 18.3 Å². The maximum absolute atomic E-state index is 5.32. The van der Waals surface area contributed by atoms with Crippen LogP contribution in [0, 0.1) is 0 Å². The van der Waals surface area contributed by atoms with Crippen molar-refractivity contribution in [1.29, 1.82) is 0 Å². The van der Waals surface area contributed by atoms with Crippen LogP contribution in [0.2, 0.25) is 0 Å². The average molecular weight is 286 g/mol. The van der Waals surface area contributed by atoms with Crippen LogP contribution in [0.4, 0.5) is 0 Å². The predicted octanol–water partition coefficient (Wildman–Crippen LogP) is 2.54. The number of methoxy groups -OCH3 is 2. The number of aromatic amines is 1. The van der Waals surface area contributed by atoms with E-state index in [0.717, 1.165) is 34.5 Å². The maximum Gasteiger partial charge on any atom is 0.163 e. The van der Waals surface area contributed by atoms with E-state index in [4.69, 9.17) is 9.47 Å². The Labute approximate surface area is 122 Å². The molecule has 110 valence electrons. The van der Waals surface area contributed by atoms with Crippen LogP contribution in [-0.4, -0.2) is 34.0 Å². The third kappa shape index (κ3) is 2.22. The smallest absolute Gasteiger partial charge is 0.163 e. The van der Waals surface area contributed by atoms with Crippen molar-refractivity contribution in [3.8, 4) is 22.9 Å². The summed E-state index contributed by atoms with van der Waals surface area (Å²) in [4.78, 5) is 7.97. The molecule has 0 saturated carbocycles. The number of H-pyrrole nitrogens is 1. The molecule has 0 unspecified atom stereocenters. The molecule has 0 spiro atoms. The molecule has 6 nitrogen and oxygen atoms in total. The van der Waals surface area contributed by atoms with E-state index in [-0.39, 0.29) is 0 Å². The number of aryl methyl sites for hydroxylation is 2. The summed E-state index contributed by atoms with van der Waals surface area (Å²) in [5, 5.41) is 4.45. The second-order valence-electron chi connectivity index (χ2n) is 4.83. The van der Waals surface area contributed by atoms with Gasteiger partial charge in [-0.05, 0) is 6.42 Å². The van der Waals surface area contributed by atoms with Gasteiger partial charge in [-0.25, -0.2) is 4.98 Å². The Bertz CT molecular complexity index is 747. The van der Waals surface area contributed by atoms with Gasteiger partial charge in [0.05, 0.1) is 36.5 Å². The van der Waals surface area contributed by atoms with Gasteiger partial charge in [-0.1, -0.05) is 6.92 Å². The van der Waals surface area contributed by atoms with E-state index in [9.17, 15) is 0 Å². The Morgan fingerprint density at radius 1 is 1.19 bits per heavy atom. The van der Waals surface area contributed by atoms with Gasteiger partial charge in [-0.3, -0.25) is 4.68 Å². The number of imidazole rings is 1. The minimum absolute atomic E-state index is 0.671. The molecule has 2 aromatic heterocycles. The number of ether oxygens (including phenoxy) is 2. The highest BCUT2D eigenvalue weighted by Gasteiger charge is 2.14. The van der Waals surface area contributed by atoms with Gasteiger partial charge in [0, 0.05) is 25.4 Å². The number of nitrogens with zero attached hydrogens (tertiary/aromatic N) is 3. The Balaban J connectivity index is 2.16. The first-order valence-electron chi connectivity index (χ1n) is 6.81. The Kier molecular flexibility index (Phi) is 3.29. The third-order valence-electron chi connectivity index (χ3n) is 3.48. The molecule has 1 N–H and O–H groups in total. The third-order valence-corrected chi connectivity index (χ3v) is 3.48. The molecule has 0 saturated heterocycles. The highest BCUT2D eigenvalue weighted by Crippen LogP contribution is 2.32. The fourth-order valence-electron chi connectivity index (χ4n) is 2.46. The standard InChI is InChI=1S/C15H18N4O2/c1-5-10-9(8-19(2)18-10)15-16-11-6-13(20-3)14(21-4)7-12(11)17-15/h6-8H,5H2,1-4H3,(H,16,17). The van der Waals surface area contributed by atoms with Crippen molar-refractivity contribution in [1.82, 2.24) is 19.7 Å². The summed E-state index contributed by atoms with van der Waals surface area (Å²) in [5.74, 6) is 2.16. The first kappa shape index (κ1) is 13.5. The van der Waals surface area contributed by atoms with Crippen molar-refractivity contribution in [3.63, 3.8) is 0 Å². The monoisotopic (exact) mass is 286 g/mol. The van der Waals surface area contributed by atoms with Crippen LogP contribution < -0.4 is 9.47 Å². The SMILES string of the molecule is CCc1nn(C)cc1-c1nc2cc(OC)c(OC)cc2[nH]1. The lowest BCUT2D eigenvalue weighted by Gasteiger charge is -2.06. The largest absolute Gasteiger partial charge is 0.493 e. The van der Waals surface area contributed by atoms with Crippen molar-refractivity contribution in [2.45, 2.75) is 13.3 Å². The van der Waals surface area contributed by atoms with Gasteiger partial charge in [0.1, 0.15) is 5.82 Å². The Morgan fingerprint density at radius 2 is 1.90 bits per heavy atom. The van der Waals surface area contributed by atoms with Gasteiger partial charge < -0.3 is 14.5 Å². The van der Waals surface area contributed by atoms with Crippen molar-refractivity contribution in [3.05, 3.63) is 24.0 Å². The summed E-state index contributed by atoms with van der Waals surface area (Å²) < 4.78 is 12.4. The van der Waals surface area contributed by atoms with Gasteiger partial charge in [-0.15, -0.1) is 0 Å². The first-order valence-corrected chi connectivity index (χ1v) is 6.81. The zero-order valence-corrected chi connectivity index (χ0v) is 12.6. The minimum Gasteiger partial charge on any atom is -0.493 e. The molecular formula is C15H18N4O2. The second-order valence-corrected chi connectivity index (χ2v) is 4.83. The van der Waals surface area contributed by atoms with Crippen LogP contribution in [0.1, 0.15) is 12.6 Å². The van der Waals surface area contributed by atoms with Gasteiger partial charge in [0.15, 0.2) is 11.5 Å². The molecule has 0 radical (unpaired) electrons. The lowest BCUT2D eigenvalue weighted by Crippen LogP contribution is -1.89. The molecule has 21 heavy (non-hydrogen) atoms. The van der Waals surface area contributed by atoms with E-state index < -0.39 is 0 Å². The van der Waals surface area contributed by atoms with Gasteiger partial charge in [-0.2, -0.15) is 5.10 Å². The van der Waals surface area contributed by atoms with Crippen molar-refractivity contribution >= 4 is 11.0 Å². The molecule has 3 rings (SSSR count). The fourth-order valence-corrected chi connectivity index (χ4v) is 2.46. The van der Waals surface area contributed by atoms with Crippen LogP contribution in [0.25, 0.3) is 22.4 Å². The quantitative estimate of drug-likeness (QED) is 0.800. The summed E-state index contributed by atoms with van der Waals surface area (Å²) in [5.41, 5.74) is 3.80. The summed E-state index contributed by atoms with van der Waals surface area (Å²) in [6.07, 6.45) is 2.84. The van der Waals surface area contributed by atoms with Crippen molar-refractivity contribution < 1.29 is 9.47 Å². The normalized spacial score (nSPS) is 11.0. The zero-order valence-electron chi connectivity index (χ0n) is 12.6. The van der Waals surface area contributed by atoms with Crippen molar-refractivity contribution in [2.24, 2.45) is 7.05 Å². The van der Waals surface area contributed by atoms with Gasteiger partial charge >= 0.3 is 0 Å². The van der Waals surface area contributed by atoms with E-state index in [1.165, 1.54) is 0 Å². The molecular weight excluding hydrogens is 268 g/mol. The molecule has 1 aromatic carbocycles. The van der Waals surface area contributed by atoms with Crippen LogP contribution in [-0.2, 0) is 13.5 Å². The summed E-state index contributed by atoms with van der Waals surface area (Å²) in [7, 11) is 5.15. The summed E-state index contributed by atoms with van der Waals surface area (Å²) >= 11 is 0. The van der Waals surface area contributed by atoms with Crippen LogP contribution >= 0.6 is 0 Å². The van der Waals surface area contributed by atoms with Gasteiger partial charge in [0.2, 0.25) is 0 Å². The number of aromatic nitrogens is 4. The number of rotatable bonds is 4. The fraction of sp³-hybridized carbons (Fsp3) is 0.333. The van der Waals surface area contributed by atoms with E-state index in [1.54, 1.807) is 14.2 Å². The predicted molar refractivity (Wildman–Crippen MR) is 80.8 cm³/mol. The number of fused-ring (bicyclic) bond motifs is 1. The number of benzene rings is 1. The number of nitrogens with one attached hydrogen (secondary N) is 1. The molecule has 0 aliphatic heterocycles. The Hall–Kier alpha value is -2.50. The summed E-state index contributed by atoms with van der Waals surface area (Å²) in [6.45, 7) is 2.08. The highest BCUT2D eigenvalue weighted by molar-refractivity contribution is 5.83. The van der Waals surface area contributed by atoms with E-state index in [2.05, 4.69) is 22.0 Å². The summed E-state index contributed by atoms with van der Waals surface area (Å²) in [6, 6.07) is 3.77. The molecule has 6 heteroatoms. The van der Waals surface area contributed by atoms with Crippen LogP contribution in [0.5, 0.6) is 11.5 Å². The molecule has 0 bridgehead atoms. The van der Waals surface area contributed by atoms with Crippen LogP contribution in [0.3, 0.4) is 0 Å². The molecule has 0 fully saturated rings. The molecule has 0 aliphatic rings. The van der Waals surface area contributed by atoms with Crippen molar-refractivity contribution in [2.75, 3.05) is 14.2 Å². The zero-order chi connectivity index (χ0) is 15.0. The molecule has 0 aliphatic carbocycles. The minimum atomic E-state index is 0.671. The van der Waals surface area contributed by atoms with E-state index in [0.29, 0.717) is 11.5 Å². The lowest BCUT2D eigenvalue weighted by atomic mass is 10.2. The number of hydrogen-bond acceptors (Lipinski definition) is 4. The van der Waals surface area contributed by atoms with E-state index in [1.807, 2.05) is 30.1 Å². The Morgan fingerprint density at radius 3 is 2.57 bits per heavy atom. The van der Waals surface area contributed by atoms with E-state index >= 15 is 0 Å². The molecule has 2 heterocycles. The highest BCUT2D eigenvalue weighted by atomic mass is 16.5. The second kappa shape index (κ2) is 5.12. The first-order chi connectivity index (χ1) is 10.2. The van der Waals surface area contributed by atoms with Gasteiger partial charge in [0.25, 0.3) is 0 Å². The molecule has 3 aromatic rings. The lowest BCUT2D eigenvalue weighted by molar-refractivity contribution is 0.356. The average Bonchev–Trinajstić information content (AvgIpc) is 3.07. The molecule has 0 amide bonds.